The average molecular weight is 392 g/mol. The summed E-state index contributed by atoms with van der Waals surface area (Å²) in [4.78, 5) is 12.1. The van der Waals surface area contributed by atoms with Crippen molar-refractivity contribution in [1.82, 2.24) is 25.5 Å². The van der Waals surface area contributed by atoms with Gasteiger partial charge in [-0.05, 0) is 47.2 Å². The maximum absolute atomic E-state index is 12.1. The van der Waals surface area contributed by atoms with E-state index in [1.165, 1.54) is 11.0 Å². The van der Waals surface area contributed by atoms with Gasteiger partial charge in [-0.2, -0.15) is 0 Å². The molecule has 0 aliphatic heterocycles. The van der Waals surface area contributed by atoms with Crippen molar-refractivity contribution in [3.63, 3.8) is 0 Å². The highest BCUT2D eigenvalue weighted by Gasteiger charge is 2.12. The Balaban J connectivity index is 1.57. The van der Waals surface area contributed by atoms with Crippen molar-refractivity contribution in [2.75, 3.05) is 6.61 Å². The molecule has 3 aromatic rings. The number of halogens is 2. The van der Waals surface area contributed by atoms with Gasteiger partial charge in [-0.25, -0.2) is 4.68 Å². The summed E-state index contributed by atoms with van der Waals surface area (Å²) in [7, 11) is 0. The van der Waals surface area contributed by atoms with Gasteiger partial charge in [0, 0.05) is 6.07 Å². The molecule has 0 spiro atoms. The minimum atomic E-state index is -0.253. The lowest BCUT2D eigenvalue weighted by atomic mass is 10.1. The second-order valence-corrected chi connectivity index (χ2v) is 6.32. The van der Waals surface area contributed by atoms with E-state index in [-0.39, 0.29) is 18.6 Å². The molecule has 1 aromatic heterocycles. The van der Waals surface area contributed by atoms with E-state index in [4.69, 9.17) is 27.9 Å². The van der Waals surface area contributed by atoms with Crippen LogP contribution in [0.3, 0.4) is 0 Å². The fraction of sp³-hybridized carbons (Fsp3) is 0.176. The first-order valence-corrected chi connectivity index (χ1v) is 8.49. The van der Waals surface area contributed by atoms with Crippen LogP contribution in [0.5, 0.6) is 5.75 Å². The van der Waals surface area contributed by atoms with Crippen LogP contribution >= 0.6 is 23.2 Å². The molecule has 134 valence electrons. The van der Waals surface area contributed by atoms with Crippen LogP contribution in [0, 0.1) is 0 Å². The number of aromatic nitrogens is 4. The van der Waals surface area contributed by atoms with Crippen molar-refractivity contribution >= 4 is 29.1 Å². The molecule has 1 N–H and O–H groups in total. The normalized spacial score (nSPS) is 11.8. The molecule has 7 nitrogen and oxygen atoms in total. The minimum Gasteiger partial charge on any atom is -0.484 e. The smallest absolute Gasteiger partial charge is 0.258 e. The molecule has 3 rings (SSSR count). The summed E-state index contributed by atoms with van der Waals surface area (Å²) in [5.74, 6) is 0.284. The highest BCUT2D eigenvalue weighted by atomic mass is 35.5. The topological polar surface area (TPSA) is 81.9 Å². The first kappa shape index (κ1) is 18.2. The number of hydrogen-bond donors (Lipinski definition) is 1. The van der Waals surface area contributed by atoms with E-state index in [9.17, 15) is 4.79 Å². The van der Waals surface area contributed by atoms with E-state index in [0.717, 1.165) is 11.3 Å². The molecule has 0 saturated carbocycles. The fourth-order valence-electron chi connectivity index (χ4n) is 2.29. The monoisotopic (exact) mass is 391 g/mol. The first-order valence-electron chi connectivity index (χ1n) is 7.73. The molecule has 1 heterocycles. The van der Waals surface area contributed by atoms with Crippen molar-refractivity contribution in [3.8, 4) is 11.4 Å². The number of rotatable bonds is 6. The molecular formula is C17H15Cl2N5O2. The largest absolute Gasteiger partial charge is 0.484 e. The molecule has 0 radical (unpaired) electrons. The second kappa shape index (κ2) is 8.16. The number of nitrogens with one attached hydrogen (secondary N) is 1. The highest BCUT2D eigenvalue weighted by molar-refractivity contribution is 6.42. The van der Waals surface area contributed by atoms with Gasteiger partial charge in [0.15, 0.2) is 6.61 Å². The molecule has 0 bridgehead atoms. The Labute approximate surface area is 159 Å². The molecule has 2 aromatic carbocycles. The molecule has 1 atom stereocenters. The number of carbonyl (C=O) groups excluding carboxylic acids is 1. The number of nitrogens with zero attached hydrogens (tertiary/aromatic N) is 4. The van der Waals surface area contributed by atoms with Gasteiger partial charge in [0.1, 0.15) is 12.1 Å². The third kappa shape index (κ3) is 4.50. The molecule has 0 unspecified atom stereocenters. The van der Waals surface area contributed by atoms with E-state index >= 15 is 0 Å². The van der Waals surface area contributed by atoms with Gasteiger partial charge in [-0.1, -0.05) is 35.3 Å². The lowest BCUT2D eigenvalue weighted by Gasteiger charge is -2.15. The van der Waals surface area contributed by atoms with Gasteiger partial charge < -0.3 is 10.1 Å². The molecule has 1 amide bonds. The zero-order valence-electron chi connectivity index (χ0n) is 13.8. The van der Waals surface area contributed by atoms with Gasteiger partial charge >= 0.3 is 0 Å². The zero-order valence-corrected chi connectivity index (χ0v) is 15.3. The van der Waals surface area contributed by atoms with Crippen LogP contribution in [0.1, 0.15) is 18.5 Å². The number of hydrogen-bond acceptors (Lipinski definition) is 5. The Morgan fingerprint density at radius 3 is 2.81 bits per heavy atom. The molecule has 0 fully saturated rings. The van der Waals surface area contributed by atoms with Crippen LogP contribution in [0.2, 0.25) is 10.0 Å². The summed E-state index contributed by atoms with van der Waals surface area (Å²) in [6.45, 7) is 1.74. The zero-order chi connectivity index (χ0) is 18.5. The SMILES string of the molecule is C[C@H](NC(=O)COc1cccc(-n2cnnn2)c1)c1ccc(Cl)c(Cl)c1. The van der Waals surface area contributed by atoms with Crippen molar-refractivity contribution in [3.05, 3.63) is 64.4 Å². The van der Waals surface area contributed by atoms with Crippen molar-refractivity contribution < 1.29 is 9.53 Å². The molecule has 0 saturated heterocycles. The van der Waals surface area contributed by atoms with Crippen molar-refractivity contribution in [1.29, 1.82) is 0 Å². The van der Waals surface area contributed by atoms with E-state index in [2.05, 4.69) is 20.8 Å². The van der Waals surface area contributed by atoms with Gasteiger partial charge in [0.25, 0.3) is 5.91 Å². The van der Waals surface area contributed by atoms with Crippen molar-refractivity contribution in [2.24, 2.45) is 0 Å². The Morgan fingerprint density at radius 1 is 1.23 bits per heavy atom. The third-order valence-corrected chi connectivity index (χ3v) is 4.36. The summed E-state index contributed by atoms with van der Waals surface area (Å²) in [5, 5.41) is 14.7. The van der Waals surface area contributed by atoms with E-state index in [1.54, 1.807) is 30.3 Å². The number of tetrazole rings is 1. The van der Waals surface area contributed by atoms with Crippen LogP contribution in [0.15, 0.2) is 48.8 Å². The maximum Gasteiger partial charge on any atom is 0.258 e. The lowest BCUT2D eigenvalue weighted by molar-refractivity contribution is -0.123. The summed E-state index contributed by atoms with van der Waals surface area (Å²) in [6, 6.07) is 12.1. The predicted octanol–water partition coefficient (Wildman–Crippen LogP) is 3.23. The standard InChI is InChI=1S/C17H15Cl2N5O2/c1-11(12-5-6-15(18)16(19)7-12)21-17(25)9-26-14-4-2-3-13(8-14)24-10-20-22-23-24/h2-8,10-11H,9H2,1H3,(H,21,25)/t11-/m0/s1. The summed E-state index contributed by atoms with van der Waals surface area (Å²) in [5.41, 5.74) is 1.59. The van der Waals surface area contributed by atoms with Crippen molar-refractivity contribution in [2.45, 2.75) is 13.0 Å². The summed E-state index contributed by atoms with van der Waals surface area (Å²) < 4.78 is 7.04. The Morgan fingerprint density at radius 2 is 2.08 bits per heavy atom. The van der Waals surface area contributed by atoms with Gasteiger partial charge in [-0.3, -0.25) is 4.79 Å². The minimum absolute atomic E-state index is 0.120. The lowest BCUT2D eigenvalue weighted by Crippen LogP contribution is -2.31. The summed E-state index contributed by atoms with van der Waals surface area (Å²) in [6.07, 6.45) is 1.48. The van der Waals surface area contributed by atoms with Gasteiger partial charge in [0.2, 0.25) is 0 Å². The number of ether oxygens (including phenoxy) is 1. The van der Waals surface area contributed by atoms with Crippen LogP contribution < -0.4 is 10.1 Å². The third-order valence-electron chi connectivity index (χ3n) is 3.62. The van der Waals surface area contributed by atoms with Crippen LogP contribution in [-0.4, -0.2) is 32.7 Å². The molecule has 26 heavy (non-hydrogen) atoms. The van der Waals surface area contributed by atoms with Crippen LogP contribution in [0.4, 0.5) is 0 Å². The molecule has 0 aliphatic carbocycles. The van der Waals surface area contributed by atoms with Crippen LogP contribution in [-0.2, 0) is 4.79 Å². The van der Waals surface area contributed by atoms with Crippen LogP contribution in [0.25, 0.3) is 5.69 Å². The van der Waals surface area contributed by atoms with Gasteiger partial charge in [-0.15, -0.1) is 5.10 Å². The van der Waals surface area contributed by atoms with E-state index in [0.29, 0.717) is 15.8 Å². The number of amides is 1. The summed E-state index contributed by atoms with van der Waals surface area (Å²) >= 11 is 11.9. The number of benzene rings is 2. The highest BCUT2D eigenvalue weighted by Crippen LogP contribution is 2.25. The average Bonchev–Trinajstić information content (AvgIpc) is 3.17. The molecule has 0 aliphatic rings. The molecular weight excluding hydrogens is 377 g/mol. The Kier molecular flexibility index (Phi) is 5.70. The van der Waals surface area contributed by atoms with E-state index in [1.807, 2.05) is 19.1 Å². The second-order valence-electron chi connectivity index (χ2n) is 5.50. The maximum atomic E-state index is 12.1. The predicted molar refractivity (Wildman–Crippen MR) is 97.7 cm³/mol. The van der Waals surface area contributed by atoms with E-state index < -0.39 is 0 Å². The Bertz CT molecular complexity index is 902. The van der Waals surface area contributed by atoms with Gasteiger partial charge in [0.05, 0.1) is 21.8 Å². The Hall–Kier alpha value is -2.64. The first-order chi connectivity index (χ1) is 12.5. The number of carbonyl (C=O) groups is 1. The fourth-order valence-corrected chi connectivity index (χ4v) is 2.60. The molecule has 9 heteroatoms. The quantitative estimate of drug-likeness (QED) is 0.697.